The first-order chi connectivity index (χ1) is 11.2. The predicted octanol–water partition coefficient (Wildman–Crippen LogP) is 2.72. The molecule has 0 aromatic heterocycles. The Kier molecular flexibility index (Phi) is 5.42. The lowest BCUT2D eigenvalue weighted by Gasteiger charge is -2.29. The normalized spacial score (nSPS) is 21.0. The molecule has 1 aromatic carbocycles. The molecule has 0 spiro atoms. The molecule has 0 saturated carbocycles. The number of amides is 1. The molecule has 1 fully saturated rings. The smallest absolute Gasteiger partial charge is 0.302 e. The van der Waals surface area contributed by atoms with Crippen molar-refractivity contribution in [3.05, 3.63) is 35.9 Å². The van der Waals surface area contributed by atoms with Gasteiger partial charge in [-0.25, -0.2) is 0 Å². The summed E-state index contributed by atoms with van der Waals surface area (Å²) in [6, 6.07) is 9.21. The van der Waals surface area contributed by atoms with Crippen molar-refractivity contribution in [1.82, 2.24) is 4.90 Å². The van der Waals surface area contributed by atoms with Crippen molar-refractivity contribution >= 4 is 17.7 Å². The van der Waals surface area contributed by atoms with E-state index in [0.29, 0.717) is 6.54 Å². The lowest BCUT2D eigenvalue weighted by atomic mass is 9.86. The van der Waals surface area contributed by atoms with E-state index < -0.39 is 23.5 Å². The third-order valence-electron chi connectivity index (χ3n) is 4.27. The molecule has 0 unspecified atom stereocenters. The maximum absolute atomic E-state index is 12.5. The van der Waals surface area contributed by atoms with Crippen molar-refractivity contribution in [2.75, 3.05) is 0 Å². The van der Waals surface area contributed by atoms with Crippen molar-refractivity contribution in [1.29, 1.82) is 0 Å². The minimum Gasteiger partial charge on any atom is -0.460 e. The van der Waals surface area contributed by atoms with Gasteiger partial charge in [0.25, 0.3) is 0 Å². The van der Waals surface area contributed by atoms with Crippen LogP contribution in [0.1, 0.15) is 46.1 Å². The van der Waals surface area contributed by atoms with Crippen LogP contribution in [-0.4, -0.2) is 34.7 Å². The van der Waals surface area contributed by atoms with E-state index >= 15 is 0 Å². The van der Waals surface area contributed by atoms with E-state index in [1.807, 2.05) is 51.1 Å². The van der Waals surface area contributed by atoms with Gasteiger partial charge in [0.1, 0.15) is 11.9 Å². The molecule has 1 aliphatic rings. The number of rotatable bonds is 5. The average molecular weight is 331 g/mol. The highest BCUT2D eigenvalue weighted by Gasteiger charge is 2.43. The Morgan fingerprint density at radius 3 is 2.38 bits per heavy atom. The van der Waals surface area contributed by atoms with Crippen LogP contribution in [0.3, 0.4) is 0 Å². The number of likely N-dealkylation sites (tertiary alicyclic amines) is 1. The number of esters is 1. The quantitative estimate of drug-likeness (QED) is 0.778. The first kappa shape index (κ1) is 18.2. The summed E-state index contributed by atoms with van der Waals surface area (Å²) >= 11 is 0. The van der Waals surface area contributed by atoms with Crippen molar-refractivity contribution in [3.63, 3.8) is 0 Å². The molecule has 1 amide bonds. The van der Waals surface area contributed by atoms with Crippen LogP contribution in [0.2, 0.25) is 0 Å². The number of hydrogen-bond donors (Lipinski definition) is 0. The first-order valence-electron chi connectivity index (χ1n) is 8.22. The molecule has 0 aliphatic carbocycles. The lowest BCUT2D eigenvalue weighted by molar-refractivity contribution is -0.148. The Morgan fingerprint density at radius 1 is 1.21 bits per heavy atom. The van der Waals surface area contributed by atoms with E-state index in [9.17, 15) is 14.4 Å². The monoisotopic (exact) mass is 331 g/mol. The molecule has 0 radical (unpaired) electrons. The van der Waals surface area contributed by atoms with Crippen LogP contribution in [0, 0.1) is 5.41 Å². The summed E-state index contributed by atoms with van der Waals surface area (Å²) in [5.74, 6) is -0.461. The molecule has 1 heterocycles. The van der Waals surface area contributed by atoms with E-state index in [0.717, 1.165) is 5.56 Å². The van der Waals surface area contributed by atoms with Crippen LogP contribution in [0.4, 0.5) is 0 Å². The van der Waals surface area contributed by atoms with Gasteiger partial charge in [0.15, 0.2) is 0 Å². The fourth-order valence-corrected chi connectivity index (χ4v) is 2.87. The van der Waals surface area contributed by atoms with E-state index in [1.54, 1.807) is 4.90 Å². The molecule has 130 valence electrons. The molecule has 1 aromatic rings. The van der Waals surface area contributed by atoms with Crippen molar-refractivity contribution in [2.24, 2.45) is 5.41 Å². The van der Waals surface area contributed by atoms with Crippen molar-refractivity contribution in [2.45, 2.75) is 59.2 Å². The molecule has 0 N–H and O–H groups in total. The molecular weight excluding hydrogens is 306 g/mol. The van der Waals surface area contributed by atoms with Gasteiger partial charge in [0.05, 0.1) is 12.5 Å². The second kappa shape index (κ2) is 7.16. The third-order valence-corrected chi connectivity index (χ3v) is 4.27. The summed E-state index contributed by atoms with van der Waals surface area (Å²) in [7, 11) is 0. The van der Waals surface area contributed by atoms with E-state index in [-0.39, 0.29) is 24.5 Å². The average Bonchev–Trinajstić information content (AvgIpc) is 2.75. The summed E-state index contributed by atoms with van der Waals surface area (Å²) in [6.45, 7) is 7.31. The molecule has 5 heteroatoms. The highest BCUT2D eigenvalue weighted by atomic mass is 16.5. The van der Waals surface area contributed by atoms with Crippen LogP contribution < -0.4 is 0 Å². The summed E-state index contributed by atoms with van der Waals surface area (Å²) in [5, 5.41) is 0. The number of ketones is 1. The number of carbonyl (C=O) groups excluding carboxylic acids is 3. The minimum atomic E-state index is -0.565. The Hall–Kier alpha value is -2.17. The Balaban J connectivity index is 2.22. The predicted molar refractivity (Wildman–Crippen MR) is 90.0 cm³/mol. The van der Waals surface area contributed by atoms with Crippen LogP contribution in [0.25, 0.3) is 0 Å². The van der Waals surface area contributed by atoms with Gasteiger partial charge in [-0.15, -0.1) is 0 Å². The molecule has 2 rings (SSSR count). The summed E-state index contributed by atoms with van der Waals surface area (Å²) in [6.07, 6.45) is -0.237. The number of benzene rings is 1. The maximum Gasteiger partial charge on any atom is 0.302 e. The van der Waals surface area contributed by atoms with Gasteiger partial charge in [-0.2, -0.15) is 0 Å². The molecule has 1 aliphatic heterocycles. The topological polar surface area (TPSA) is 63.7 Å². The highest BCUT2D eigenvalue weighted by Crippen LogP contribution is 2.30. The second-order valence-corrected chi connectivity index (χ2v) is 7.30. The number of nitrogens with zero attached hydrogens (tertiary/aromatic N) is 1. The van der Waals surface area contributed by atoms with Gasteiger partial charge in [-0.3, -0.25) is 14.4 Å². The first-order valence-corrected chi connectivity index (χ1v) is 8.22. The highest BCUT2D eigenvalue weighted by molar-refractivity contribution is 5.87. The standard InChI is InChI=1S/C19H25NO4/c1-13(21)24-16-11-18(23)20(12-14-8-6-5-7-9-14)15(16)10-17(22)19(2,3)4/h5-9,15-16H,10-12H2,1-4H3/t15-,16+/m1/s1. The number of carbonyl (C=O) groups is 3. The largest absolute Gasteiger partial charge is 0.460 e. The van der Waals surface area contributed by atoms with Crippen LogP contribution >= 0.6 is 0 Å². The third kappa shape index (κ3) is 4.43. The summed E-state index contributed by atoms with van der Waals surface area (Å²) < 4.78 is 5.32. The van der Waals surface area contributed by atoms with Crippen LogP contribution in [-0.2, 0) is 25.7 Å². The van der Waals surface area contributed by atoms with Gasteiger partial charge in [-0.05, 0) is 5.56 Å². The lowest BCUT2D eigenvalue weighted by Crippen LogP contribution is -2.41. The summed E-state index contributed by atoms with van der Waals surface area (Å²) in [4.78, 5) is 37.9. The van der Waals surface area contributed by atoms with E-state index in [2.05, 4.69) is 0 Å². The van der Waals surface area contributed by atoms with Crippen molar-refractivity contribution in [3.8, 4) is 0 Å². The zero-order valence-electron chi connectivity index (χ0n) is 14.7. The van der Waals surface area contributed by atoms with Crippen molar-refractivity contribution < 1.29 is 19.1 Å². The van der Waals surface area contributed by atoms with Gasteiger partial charge < -0.3 is 9.64 Å². The minimum absolute atomic E-state index is 0.0532. The van der Waals surface area contributed by atoms with E-state index in [4.69, 9.17) is 4.74 Å². The van der Waals surface area contributed by atoms with Gasteiger partial charge in [0.2, 0.25) is 5.91 Å². The Morgan fingerprint density at radius 2 is 1.83 bits per heavy atom. The second-order valence-electron chi connectivity index (χ2n) is 7.30. The SMILES string of the molecule is CC(=O)O[C@H]1CC(=O)N(Cc2ccccc2)[C@@H]1CC(=O)C(C)(C)C. The van der Waals surface area contributed by atoms with Gasteiger partial charge in [-0.1, -0.05) is 51.1 Å². The fourth-order valence-electron chi connectivity index (χ4n) is 2.87. The van der Waals surface area contributed by atoms with Gasteiger partial charge >= 0.3 is 5.97 Å². The van der Waals surface area contributed by atoms with Crippen LogP contribution in [0.5, 0.6) is 0 Å². The van der Waals surface area contributed by atoms with Gasteiger partial charge in [0, 0.05) is 25.3 Å². The van der Waals surface area contributed by atoms with E-state index in [1.165, 1.54) is 6.92 Å². The fraction of sp³-hybridized carbons (Fsp3) is 0.526. The maximum atomic E-state index is 12.5. The zero-order chi connectivity index (χ0) is 17.9. The number of hydrogen-bond acceptors (Lipinski definition) is 4. The Labute approximate surface area is 143 Å². The molecule has 2 atom stereocenters. The molecule has 24 heavy (non-hydrogen) atoms. The molecule has 5 nitrogen and oxygen atoms in total. The number of ether oxygens (including phenoxy) is 1. The Bertz CT molecular complexity index is 618. The molecular formula is C19H25NO4. The number of Topliss-reactive ketones (excluding diaryl/α,β-unsaturated/α-hetero) is 1. The molecule has 0 bridgehead atoms. The van der Waals surface area contributed by atoms with Crippen LogP contribution in [0.15, 0.2) is 30.3 Å². The molecule has 1 saturated heterocycles. The zero-order valence-corrected chi connectivity index (χ0v) is 14.7. The summed E-state index contributed by atoms with van der Waals surface area (Å²) in [5.41, 5.74) is 0.493.